The van der Waals surface area contributed by atoms with Crippen LogP contribution in [0, 0.1) is 9.49 Å². The highest BCUT2D eigenvalue weighted by Gasteiger charge is 2.18. The molecule has 0 aliphatic carbocycles. The smallest absolute Gasteiger partial charge is 0.252 e. The number of rotatable bonds is 5. The van der Waals surface area contributed by atoms with Gasteiger partial charge in [0.15, 0.2) is 0 Å². The molecule has 0 aliphatic rings. The number of carbonyl (C=O) groups excluding carboxylic acids is 1. The topological polar surface area (TPSA) is 49.3 Å². The fourth-order valence-corrected chi connectivity index (χ4v) is 2.38. The molecule has 3 nitrogen and oxygen atoms in total. The molecule has 1 rings (SSSR count). The van der Waals surface area contributed by atoms with E-state index in [0.29, 0.717) is 17.0 Å². The van der Waals surface area contributed by atoms with Crippen molar-refractivity contribution in [3.8, 4) is 0 Å². The Hall–Kier alpha value is -0.330. The number of aliphatic hydroxyl groups is 1. The van der Waals surface area contributed by atoms with E-state index in [1.807, 2.05) is 19.9 Å². The minimum absolute atomic E-state index is 0.0303. The maximum absolute atomic E-state index is 12.2. The van der Waals surface area contributed by atoms with E-state index in [-0.39, 0.29) is 24.5 Å². The van der Waals surface area contributed by atoms with Gasteiger partial charge in [0, 0.05) is 21.2 Å². The van der Waals surface area contributed by atoms with E-state index >= 15 is 0 Å². The number of hydrogen-bond donors (Lipinski definition) is 2. The first-order valence-corrected chi connectivity index (χ1v) is 7.28. The number of halogens is 2. The van der Waals surface area contributed by atoms with Crippen LogP contribution in [0.15, 0.2) is 18.2 Å². The first-order chi connectivity index (χ1) is 8.45. The molecule has 0 aliphatic heterocycles. The summed E-state index contributed by atoms with van der Waals surface area (Å²) >= 11 is 8.01. The average molecular weight is 382 g/mol. The van der Waals surface area contributed by atoms with Gasteiger partial charge in [-0.3, -0.25) is 4.79 Å². The van der Waals surface area contributed by atoms with Gasteiger partial charge in [-0.25, -0.2) is 0 Å². The molecule has 1 unspecified atom stereocenters. The number of nitrogens with one attached hydrogen (secondary N) is 1. The Bertz CT molecular complexity index is 423. The van der Waals surface area contributed by atoms with Crippen LogP contribution in [0.3, 0.4) is 0 Å². The van der Waals surface area contributed by atoms with Gasteiger partial charge in [-0.1, -0.05) is 25.4 Å². The van der Waals surface area contributed by atoms with Crippen molar-refractivity contribution >= 4 is 40.1 Å². The third kappa shape index (κ3) is 4.40. The molecule has 0 saturated heterocycles. The zero-order valence-corrected chi connectivity index (χ0v) is 13.3. The fraction of sp³-hybridized carbons (Fsp3) is 0.462. The summed E-state index contributed by atoms with van der Waals surface area (Å²) in [5, 5.41) is 12.5. The molecule has 0 spiro atoms. The molecule has 1 amide bonds. The van der Waals surface area contributed by atoms with Gasteiger partial charge in [-0.2, -0.15) is 0 Å². The monoisotopic (exact) mass is 381 g/mol. The van der Waals surface area contributed by atoms with Crippen molar-refractivity contribution in [1.29, 1.82) is 0 Å². The number of hydrogen-bond acceptors (Lipinski definition) is 2. The zero-order chi connectivity index (χ0) is 13.7. The zero-order valence-electron chi connectivity index (χ0n) is 10.4. The molecule has 0 bridgehead atoms. The normalized spacial score (nSPS) is 12.6. The van der Waals surface area contributed by atoms with Crippen LogP contribution >= 0.6 is 34.2 Å². The van der Waals surface area contributed by atoms with Crippen LogP contribution < -0.4 is 5.32 Å². The summed E-state index contributed by atoms with van der Waals surface area (Å²) in [5.41, 5.74) is 0.576. The minimum atomic E-state index is -0.144. The second-order valence-electron chi connectivity index (χ2n) is 4.46. The lowest BCUT2D eigenvalue weighted by Crippen LogP contribution is -2.39. The summed E-state index contributed by atoms with van der Waals surface area (Å²) < 4.78 is 0.862. The molecule has 0 heterocycles. The van der Waals surface area contributed by atoms with Gasteiger partial charge in [0.05, 0.1) is 5.56 Å². The molecular formula is C13H17ClINO2. The lowest BCUT2D eigenvalue weighted by atomic mass is 10.0. The van der Waals surface area contributed by atoms with Crippen LogP contribution in [-0.2, 0) is 0 Å². The summed E-state index contributed by atoms with van der Waals surface area (Å²) in [5.74, 6) is 0.131. The number of aliphatic hydroxyl groups excluding tert-OH is 1. The van der Waals surface area contributed by atoms with Crippen LogP contribution in [-0.4, -0.2) is 23.7 Å². The van der Waals surface area contributed by atoms with Crippen molar-refractivity contribution in [1.82, 2.24) is 5.32 Å². The maximum Gasteiger partial charge on any atom is 0.252 e. The summed E-state index contributed by atoms with van der Waals surface area (Å²) in [6.07, 6.45) is 0.556. The summed E-state index contributed by atoms with van der Waals surface area (Å²) in [6.45, 7) is 4.10. The van der Waals surface area contributed by atoms with Crippen molar-refractivity contribution < 1.29 is 9.90 Å². The van der Waals surface area contributed by atoms with Crippen LogP contribution in [0.4, 0.5) is 0 Å². The van der Waals surface area contributed by atoms with E-state index in [2.05, 4.69) is 27.9 Å². The van der Waals surface area contributed by atoms with Gasteiger partial charge in [0.2, 0.25) is 0 Å². The molecule has 5 heteroatoms. The fourth-order valence-electron chi connectivity index (χ4n) is 1.63. The van der Waals surface area contributed by atoms with Crippen LogP contribution in [0.2, 0.25) is 5.02 Å². The molecule has 1 aromatic carbocycles. The van der Waals surface area contributed by atoms with Crippen LogP contribution in [0.1, 0.15) is 30.6 Å². The van der Waals surface area contributed by atoms with Gasteiger partial charge in [-0.05, 0) is 53.1 Å². The highest BCUT2D eigenvalue weighted by molar-refractivity contribution is 14.1. The van der Waals surface area contributed by atoms with Crippen molar-refractivity contribution in [2.75, 3.05) is 6.61 Å². The van der Waals surface area contributed by atoms with E-state index < -0.39 is 0 Å². The lowest BCUT2D eigenvalue weighted by molar-refractivity contribution is 0.0915. The third-order valence-electron chi connectivity index (χ3n) is 2.73. The molecule has 18 heavy (non-hydrogen) atoms. The van der Waals surface area contributed by atoms with E-state index in [4.69, 9.17) is 16.7 Å². The van der Waals surface area contributed by atoms with Gasteiger partial charge >= 0.3 is 0 Å². The number of amides is 1. The Labute approximate surface area is 126 Å². The molecule has 0 saturated carbocycles. The quantitative estimate of drug-likeness (QED) is 0.770. The number of benzene rings is 1. The lowest BCUT2D eigenvalue weighted by Gasteiger charge is -2.21. The Kier molecular flexibility index (Phi) is 6.38. The SMILES string of the molecule is CC(C)C(CCO)NC(=O)c1cc(Cl)ccc1I. The van der Waals surface area contributed by atoms with Gasteiger partial charge < -0.3 is 10.4 Å². The second kappa shape index (κ2) is 7.31. The largest absolute Gasteiger partial charge is 0.396 e. The summed E-state index contributed by atoms with van der Waals surface area (Å²) in [6, 6.07) is 5.20. The van der Waals surface area contributed by atoms with Crippen molar-refractivity contribution in [2.24, 2.45) is 5.92 Å². The van der Waals surface area contributed by atoms with Gasteiger partial charge in [0.25, 0.3) is 5.91 Å². The van der Waals surface area contributed by atoms with E-state index in [9.17, 15) is 4.79 Å². The Morgan fingerprint density at radius 3 is 2.72 bits per heavy atom. The molecule has 0 aromatic heterocycles. The van der Waals surface area contributed by atoms with E-state index in [1.165, 1.54) is 0 Å². The van der Waals surface area contributed by atoms with Crippen molar-refractivity contribution in [2.45, 2.75) is 26.3 Å². The molecule has 1 aromatic rings. The van der Waals surface area contributed by atoms with Gasteiger partial charge in [0.1, 0.15) is 0 Å². The molecular weight excluding hydrogens is 365 g/mol. The predicted molar refractivity (Wildman–Crippen MR) is 82.0 cm³/mol. The molecule has 0 radical (unpaired) electrons. The third-order valence-corrected chi connectivity index (χ3v) is 3.91. The predicted octanol–water partition coefficient (Wildman–Crippen LogP) is 3.08. The summed E-state index contributed by atoms with van der Waals surface area (Å²) in [4.78, 5) is 12.2. The standard InChI is InChI=1S/C13H17ClINO2/c1-8(2)12(5-6-17)16-13(18)10-7-9(14)3-4-11(10)15/h3-4,7-8,12,17H,5-6H2,1-2H3,(H,16,18). The van der Waals surface area contributed by atoms with Crippen LogP contribution in [0.25, 0.3) is 0 Å². The highest BCUT2D eigenvalue weighted by atomic mass is 127. The first kappa shape index (κ1) is 15.7. The molecule has 2 N–H and O–H groups in total. The molecule has 100 valence electrons. The Morgan fingerprint density at radius 1 is 1.50 bits per heavy atom. The Balaban J connectivity index is 2.83. The van der Waals surface area contributed by atoms with Gasteiger partial charge in [-0.15, -0.1) is 0 Å². The summed E-state index contributed by atoms with van der Waals surface area (Å²) in [7, 11) is 0. The van der Waals surface area contributed by atoms with E-state index in [1.54, 1.807) is 12.1 Å². The average Bonchev–Trinajstić information content (AvgIpc) is 2.31. The van der Waals surface area contributed by atoms with Crippen molar-refractivity contribution in [3.05, 3.63) is 32.4 Å². The highest BCUT2D eigenvalue weighted by Crippen LogP contribution is 2.18. The molecule has 1 atom stereocenters. The Morgan fingerprint density at radius 2 is 2.17 bits per heavy atom. The number of carbonyl (C=O) groups is 1. The first-order valence-electron chi connectivity index (χ1n) is 5.82. The minimum Gasteiger partial charge on any atom is -0.396 e. The maximum atomic E-state index is 12.2. The second-order valence-corrected chi connectivity index (χ2v) is 6.06. The van der Waals surface area contributed by atoms with Crippen LogP contribution in [0.5, 0.6) is 0 Å². The van der Waals surface area contributed by atoms with E-state index in [0.717, 1.165) is 3.57 Å². The molecule has 0 fully saturated rings. The van der Waals surface area contributed by atoms with Crippen molar-refractivity contribution in [3.63, 3.8) is 0 Å².